The van der Waals surface area contributed by atoms with Crippen LogP contribution in [0.5, 0.6) is 0 Å². The van der Waals surface area contributed by atoms with E-state index in [1.807, 2.05) is 24.3 Å². The Bertz CT molecular complexity index is 795. The second-order valence-electron chi connectivity index (χ2n) is 4.12. The van der Waals surface area contributed by atoms with Gasteiger partial charge >= 0.3 is 0 Å². The van der Waals surface area contributed by atoms with Crippen LogP contribution in [0.25, 0.3) is 10.9 Å². The molecule has 2 aromatic heterocycles. The molecule has 8 heteroatoms. The molecule has 20 heavy (non-hydrogen) atoms. The average molecular weight is 285 g/mol. The van der Waals surface area contributed by atoms with Gasteiger partial charge in [-0.2, -0.15) is 0 Å². The Kier molecular flexibility index (Phi) is 3.07. The third-order valence-corrected chi connectivity index (χ3v) is 3.96. The van der Waals surface area contributed by atoms with Crippen molar-refractivity contribution in [1.82, 2.24) is 25.2 Å². The number of aryl methyl sites for hydroxylation is 1. The zero-order chi connectivity index (χ0) is 14.1. The van der Waals surface area contributed by atoms with Crippen LogP contribution < -0.4 is 5.73 Å². The largest absolute Gasteiger partial charge is 0.384 e. The highest BCUT2D eigenvalue weighted by atomic mass is 32.2. The van der Waals surface area contributed by atoms with Gasteiger partial charge in [0.2, 0.25) is 5.16 Å². The van der Waals surface area contributed by atoms with Crippen molar-refractivity contribution >= 4 is 28.5 Å². The third kappa shape index (κ3) is 2.10. The van der Waals surface area contributed by atoms with E-state index >= 15 is 0 Å². The topological polar surface area (TPSA) is 106 Å². The summed E-state index contributed by atoms with van der Waals surface area (Å²) in [6.07, 6.45) is 1.61. The number of para-hydroxylation sites is 1. The number of nitrogen functional groups attached to an aromatic ring is 1. The standard InChI is InChI=1S/C12H11N7S/c1-19-12(16-17-18-19)20-10-7-4-2-3-5-9(7)15-6-8(10)11(13)14/h2-6H,1H3,(H3,13,14). The molecule has 2 heterocycles. The van der Waals surface area contributed by atoms with Crippen molar-refractivity contribution in [3.05, 3.63) is 36.0 Å². The summed E-state index contributed by atoms with van der Waals surface area (Å²) in [5, 5.41) is 20.6. The molecule has 0 aliphatic carbocycles. The van der Waals surface area contributed by atoms with Crippen LogP contribution in [-0.4, -0.2) is 31.0 Å². The van der Waals surface area contributed by atoms with E-state index in [4.69, 9.17) is 11.1 Å². The zero-order valence-electron chi connectivity index (χ0n) is 10.6. The van der Waals surface area contributed by atoms with Gasteiger partial charge in [-0.25, -0.2) is 4.68 Å². The van der Waals surface area contributed by atoms with Crippen LogP contribution in [0.2, 0.25) is 0 Å². The van der Waals surface area contributed by atoms with Gasteiger partial charge in [0, 0.05) is 29.1 Å². The highest BCUT2D eigenvalue weighted by Gasteiger charge is 2.15. The van der Waals surface area contributed by atoms with E-state index in [0.717, 1.165) is 15.8 Å². The van der Waals surface area contributed by atoms with Gasteiger partial charge in [-0.3, -0.25) is 10.4 Å². The van der Waals surface area contributed by atoms with E-state index in [2.05, 4.69) is 20.5 Å². The normalized spacial score (nSPS) is 10.8. The summed E-state index contributed by atoms with van der Waals surface area (Å²) in [6.45, 7) is 0. The molecule has 3 aromatic rings. The molecule has 0 saturated heterocycles. The predicted molar refractivity (Wildman–Crippen MR) is 75.7 cm³/mol. The maximum atomic E-state index is 7.70. The maximum Gasteiger partial charge on any atom is 0.213 e. The number of nitrogens with one attached hydrogen (secondary N) is 1. The van der Waals surface area contributed by atoms with Crippen molar-refractivity contribution in [2.75, 3.05) is 0 Å². The first-order valence-electron chi connectivity index (χ1n) is 5.79. The van der Waals surface area contributed by atoms with Crippen molar-refractivity contribution in [1.29, 1.82) is 5.41 Å². The molecule has 0 atom stereocenters. The Morgan fingerprint density at radius 3 is 2.85 bits per heavy atom. The van der Waals surface area contributed by atoms with Gasteiger partial charge in [-0.15, -0.1) is 5.10 Å². The lowest BCUT2D eigenvalue weighted by Crippen LogP contribution is -2.13. The molecule has 0 unspecified atom stereocenters. The summed E-state index contributed by atoms with van der Waals surface area (Å²) in [7, 11) is 1.76. The van der Waals surface area contributed by atoms with Crippen molar-refractivity contribution in [3.8, 4) is 0 Å². The molecule has 0 aliphatic heterocycles. The number of nitrogens with zero attached hydrogens (tertiary/aromatic N) is 5. The molecule has 3 rings (SSSR count). The lowest BCUT2D eigenvalue weighted by atomic mass is 10.1. The monoisotopic (exact) mass is 285 g/mol. The highest BCUT2D eigenvalue weighted by Crippen LogP contribution is 2.33. The van der Waals surface area contributed by atoms with Crippen molar-refractivity contribution in [2.24, 2.45) is 12.8 Å². The molecule has 100 valence electrons. The van der Waals surface area contributed by atoms with Gasteiger partial charge < -0.3 is 5.73 Å². The number of aromatic nitrogens is 5. The Labute approximate surface area is 118 Å². The summed E-state index contributed by atoms with van der Waals surface area (Å²) in [5.41, 5.74) is 7.07. The molecule has 0 radical (unpaired) electrons. The fourth-order valence-corrected chi connectivity index (χ4v) is 2.80. The first-order chi connectivity index (χ1) is 9.66. The van der Waals surface area contributed by atoms with Crippen LogP contribution >= 0.6 is 11.8 Å². The van der Waals surface area contributed by atoms with Gasteiger partial charge in [0.05, 0.1) is 5.52 Å². The van der Waals surface area contributed by atoms with Gasteiger partial charge in [0.25, 0.3) is 0 Å². The molecular weight excluding hydrogens is 274 g/mol. The van der Waals surface area contributed by atoms with Gasteiger partial charge in [0.1, 0.15) is 5.84 Å². The second-order valence-corrected chi connectivity index (χ2v) is 5.10. The third-order valence-electron chi connectivity index (χ3n) is 2.79. The summed E-state index contributed by atoms with van der Waals surface area (Å²) < 4.78 is 1.57. The maximum absolute atomic E-state index is 7.70. The van der Waals surface area contributed by atoms with E-state index in [-0.39, 0.29) is 5.84 Å². The second kappa shape index (κ2) is 4.89. The average Bonchev–Trinajstić information content (AvgIpc) is 2.84. The first-order valence-corrected chi connectivity index (χ1v) is 6.61. The zero-order valence-corrected chi connectivity index (χ0v) is 11.4. The van der Waals surface area contributed by atoms with Crippen LogP contribution in [-0.2, 0) is 7.05 Å². The van der Waals surface area contributed by atoms with Gasteiger partial charge in [-0.05, 0) is 28.3 Å². The molecule has 0 fully saturated rings. The van der Waals surface area contributed by atoms with E-state index in [1.54, 1.807) is 17.9 Å². The molecule has 0 aliphatic rings. The van der Waals surface area contributed by atoms with E-state index in [0.29, 0.717) is 10.7 Å². The highest BCUT2D eigenvalue weighted by molar-refractivity contribution is 7.99. The molecule has 3 N–H and O–H groups in total. The van der Waals surface area contributed by atoms with E-state index in [9.17, 15) is 0 Å². The number of pyridine rings is 1. The lowest BCUT2D eigenvalue weighted by Gasteiger charge is -2.09. The van der Waals surface area contributed by atoms with Crippen molar-refractivity contribution in [2.45, 2.75) is 10.1 Å². The Morgan fingerprint density at radius 1 is 1.35 bits per heavy atom. The SMILES string of the molecule is Cn1nnnc1Sc1c(C(=N)N)cnc2ccccc12. The van der Waals surface area contributed by atoms with Crippen molar-refractivity contribution in [3.63, 3.8) is 0 Å². The molecular formula is C12H11N7S. The first kappa shape index (κ1) is 12.5. The Balaban J connectivity index is 2.22. The minimum atomic E-state index is -0.0270. The minimum absolute atomic E-state index is 0.0270. The van der Waals surface area contributed by atoms with Crippen LogP contribution in [0.1, 0.15) is 5.56 Å². The molecule has 0 spiro atoms. The molecule has 0 saturated carbocycles. The summed E-state index contributed by atoms with van der Waals surface area (Å²) in [5.74, 6) is -0.0270. The number of nitrogens with two attached hydrogens (primary N) is 1. The number of rotatable bonds is 3. The fourth-order valence-electron chi connectivity index (χ4n) is 1.82. The molecule has 0 bridgehead atoms. The number of amidine groups is 1. The van der Waals surface area contributed by atoms with Crippen LogP contribution in [0.15, 0.2) is 40.5 Å². The fraction of sp³-hybridized carbons (Fsp3) is 0.0833. The minimum Gasteiger partial charge on any atom is -0.384 e. The molecule has 0 amide bonds. The van der Waals surface area contributed by atoms with Crippen molar-refractivity contribution < 1.29 is 0 Å². The predicted octanol–water partition coefficient (Wildman–Crippen LogP) is 1.19. The quantitative estimate of drug-likeness (QED) is 0.553. The van der Waals surface area contributed by atoms with Gasteiger partial charge in [0.15, 0.2) is 0 Å². The lowest BCUT2D eigenvalue weighted by molar-refractivity contribution is 0.664. The summed E-state index contributed by atoms with van der Waals surface area (Å²) >= 11 is 1.37. The number of fused-ring (bicyclic) bond motifs is 1. The summed E-state index contributed by atoms with van der Waals surface area (Å²) in [6, 6.07) is 7.70. The van der Waals surface area contributed by atoms with Gasteiger partial charge in [-0.1, -0.05) is 18.2 Å². The van der Waals surface area contributed by atoms with Crippen LogP contribution in [0, 0.1) is 5.41 Å². The van der Waals surface area contributed by atoms with Crippen LogP contribution in [0.3, 0.4) is 0 Å². The Hall–Kier alpha value is -2.48. The molecule has 1 aromatic carbocycles. The Morgan fingerprint density at radius 2 is 2.15 bits per heavy atom. The number of hydrogen-bond acceptors (Lipinski definition) is 6. The smallest absolute Gasteiger partial charge is 0.213 e. The van der Waals surface area contributed by atoms with E-state index < -0.39 is 0 Å². The van der Waals surface area contributed by atoms with Crippen LogP contribution in [0.4, 0.5) is 0 Å². The number of hydrogen-bond donors (Lipinski definition) is 2. The van der Waals surface area contributed by atoms with E-state index in [1.165, 1.54) is 11.8 Å². The number of tetrazole rings is 1. The molecule has 7 nitrogen and oxygen atoms in total. The number of benzene rings is 1. The summed E-state index contributed by atoms with van der Waals surface area (Å²) in [4.78, 5) is 5.16.